The Labute approximate surface area is 157 Å². The highest BCUT2D eigenvalue weighted by molar-refractivity contribution is 5.86. The molecule has 3 heterocycles. The van der Waals surface area contributed by atoms with E-state index in [-0.39, 0.29) is 11.8 Å². The standard InChI is InChI=1S/C19H24N6O2/c26-19(14-5-2-1-3-6-14)20-8-9-25-18-16(12-24-25)17(22-13-23-18)21-11-15-7-4-10-27-15/h4,7,10,12-14H,1-3,5-6,8-9,11H2,(H,20,26)(H,21,22,23). The van der Waals surface area contributed by atoms with Crippen molar-refractivity contribution in [3.63, 3.8) is 0 Å². The highest BCUT2D eigenvalue weighted by Crippen LogP contribution is 2.23. The molecule has 1 saturated carbocycles. The molecule has 0 bridgehead atoms. The van der Waals surface area contributed by atoms with Crippen LogP contribution in [0.5, 0.6) is 0 Å². The maximum atomic E-state index is 12.3. The smallest absolute Gasteiger partial charge is 0.223 e. The number of carbonyl (C=O) groups is 1. The Balaban J connectivity index is 1.36. The molecule has 1 fully saturated rings. The van der Waals surface area contributed by atoms with E-state index in [1.54, 1.807) is 17.1 Å². The van der Waals surface area contributed by atoms with Crippen LogP contribution in [0.3, 0.4) is 0 Å². The van der Waals surface area contributed by atoms with Gasteiger partial charge in [-0.05, 0) is 25.0 Å². The Hall–Kier alpha value is -2.90. The van der Waals surface area contributed by atoms with Crippen LogP contribution in [0.1, 0.15) is 37.9 Å². The fourth-order valence-electron chi connectivity index (χ4n) is 3.58. The first-order valence-corrected chi connectivity index (χ1v) is 9.52. The first-order chi connectivity index (χ1) is 13.3. The molecule has 0 aromatic carbocycles. The summed E-state index contributed by atoms with van der Waals surface area (Å²) in [5.74, 6) is 1.89. The molecular weight excluding hydrogens is 344 g/mol. The summed E-state index contributed by atoms with van der Waals surface area (Å²) < 4.78 is 7.13. The lowest BCUT2D eigenvalue weighted by Gasteiger charge is -2.20. The lowest BCUT2D eigenvalue weighted by molar-refractivity contribution is -0.125. The molecule has 0 atom stereocenters. The van der Waals surface area contributed by atoms with Crippen molar-refractivity contribution in [3.8, 4) is 0 Å². The number of amides is 1. The summed E-state index contributed by atoms with van der Waals surface area (Å²) in [5.41, 5.74) is 0.749. The van der Waals surface area contributed by atoms with Crippen LogP contribution in [-0.4, -0.2) is 32.2 Å². The maximum absolute atomic E-state index is 12.3. The Kier molecular flexibility index (Phi) is 5.32. The van der Waals surface area contributed by atoms with Gasteiger partial charge in [0.2, 0.25) is 5.91 Å². The first-order valence-electron chi connectivity index (χ1n) is 9.52. The third-order valence-corrected chi connectivity index (χ3v) is 5.04. The van der Waals surface area contributed by atoms with E-state index in [0.29, 0.717) is 25.5 Å². The van der Waals surface area contributed by atoms with Gasteiger partial charge in [0, 0.05) is 12.5 Å². The van der Waals surface area contributed by atoms with Gasteiger partial charge in [0.25, 0.3) is 0 Å². The maximum Gasteiger partial charge on any atom is 0.223 e. The topological polar surface area (TPSA) is 97.9 Å². The van der Waals surface area contributed by atoms with Crippen molar-refractivity contribution in [2.75, 3.05) is 11.9 Å². The fraction of sp³-hybridized carbons (Fsp3) is 0.474. The Morgan fingerprint density at radius 1 is 1.26 bits per heavy atom. The van der Waals surface area contributed by atoms with Gasteiger partial charge in [0.15, 0.2) is 5.65 Å². The van der Waals surface area contributed by atoms with Crippen molar-refractivity contribution in [1.29, 1.82) is 0 Å². The number of fused-ring (bicyclic) bond motifs is 1. The second kappa shape index (κ2) is 8.20. The number of nitrogens with one attached hydrogen (secondary N) is 2. The number of aromatic nitrogens is 4. The number of hydrogen-bond donors (Lipinski definition) is 2. The highest BCUT2D eigenvalue weighted by Gasteiger charge is 2.20. The van der Waals surface area contributed by atoms with Gasteiger partial charge in [-0.2, -0.15) is 5.10 Å². The van der Waals surface area contributed by atoms with E-state index in [4.69, 9.17) is 4.42 Å². The lowest BCUT2D eigenvalue weighted by atomic mass is 9.89. The van der Waals surface area contributed by atoms with Crippen LogP contribution < -0.4 is 10.6 Å². The van der Waals surface area contributed by atoms with Gasteiger partial charge in [0.1, 0.15) is 17.9 Å². The van der Waals surface area contributed by atoms with Crippen molar-refractivity contribution < 1.29 is 9.21 Å². The van der Waals surface area contributed by atoms with Gasteiger partial charge < -0.3 is 15.1 Å². The molecule has 0 unspecified atom stereocenters. The molecule has 142 valence electrons. The fourth-order valence-corrected chi connectivity index (χ4v) is 3.58. The summed E-state index contributed by atoms with van der Waals surface area (Å²) in [6.07, 6.45) is 10.5. The zero-order chi connectivity index (χ0) is 18.5. The molecule has 27 heavy (non-hydrogen) atoms. The van der Waals surface area contributed by atoms with Crippen molar-refractivity contribution in [1.82, 2.24) is 25.1 Å². The van der Waals surface area contributed by atoms with Gasteiger partial charge in [-0.25, -0.2) is 14.6 Å². The molecule has 3 aromatic heterocycles. The van der Waals surface area contributed by atoms with E-state index in [1.165, 1.54) is 12.7 Å². The Bertz CT molecular complexity index is 883. The molecule has 8 nitrogen and oxygen atoms in total. The van der Waals surface area contributed by atoms with Gasteiger partial charge in [-0.15, -0.1) is 0 Å². The minimum atomic E-state index is 0.168. The predicted octanol–water partition coefficient (Wildman–Crippen LogP) is 2.73. The number of nitrogens with zero attached hydrogens (tertiary/aromatic N) is 4. The summed E-state index contributed by atoms with van der Waals surface area (Å²) in [6.45, 7) is 1.67. The van der Waals surface area contributed by atoms with E-state index >= 15 is 0 Å². The number of anilines is 1. The van der Waals surface area contributed by atoms with Crippen LogP contribution in [0.4, 0.5) is 5.82 Å². The van der Waals surface area contributed by atoms with Gasteiger partial charge >= 0.3 is 0 Å². The molecule has 4 rings (SSSR count). The second-order valence-corrected chi connectivity index (χ2v) is 6.89. The van der Waals surface area contributed by atoms with Gasteiger partial charge in [-0.1, -0.05) is 19.3 Å². The Morgan fingerprint density at radius 2 is 2.15 bits per heavy atom. The van der Waals surface area contributed by atoms with E-state index < -0.39 is 0 Å². The first kappa shape index (κ1) is 17.5. The molecular formula is C19H24N6O2. The van der Waals surface area contributed by atoms with Crippen molar-refractivity contribution in [2.45, 2.75) is 45.2 Å². The normalized spacial score (nSPS) is 15.1. The summed E-state index contributed by atoms with van der Waals surface area (Å²) in [4.78, 5) is 20.9. The second-order valence-electron chi connectivity index (χ2n) is 6.89. The molecule has 8 heteroatoms. The number of hydrogen-bond acceptors (Lipinski definition) is 6. The van der Waals surface area contributed by atoms with Crippen LogP contribution in [0.2, 0.25) is 0 Å². The monoisotopic (exact) mass is 368 g/mol. The minimum absolute atomic E-state index is 0.168. The third kappa shape index (κ3) is 4.10. The average molecular weight is 368 g/mol. The summed E-state index contributed by atoms with van der Waals surface area (Å²) in [6, 6.07) is 3.76. The predicted molar refractivity (Wildman–Crippen MR) is 101 cm³/mol. The van der Waals surface area contributed by atoms with Crippen molar-refractivity contribution in [2.24, 2.45) is 5.92 Å². The molecule has 0 radical (unpaired) electrons. The highest BCUT2D eigenvalue weighted by atomic mass is 16.3. The summed E-state index contributed by atoms with van der Waals surface area (Å²) in [7, 11) is 0. The van der Waals surface area contributed by atoms with Crippen molar-refractivity contribution >= 4 is 22.8 Å². The van der Waals surface area contributed by atoms with Crippen LogP contribution in [0, 0.1) is 5.92 Å². The molecule has 2 N–H and O–H groups in total. The van der Waals surface area contributed by atoms with E-state index in [2.05, 4.69) is 25.7 Å². The molecule has 1 amide bonds. The van der Waals surface area contributed by atoms with Gasteiger partial charge in [-0.3, -0.25) is 4.79 Å². The molecule has 3 aromatic rings. The Morgan fingerprint density at radius 3 is 2.96 bits per heavy atom. The van der Waals surface area contributed by atoms with E-state index in [1.807, 2.05) is 12.1 Å². The number of furan rings is 1. The SMILES string of the molecule is O=C(NCCn1ncc2c(NCc3ccco3)ncnc21)C1CCCCC1. The average Bonchev–Trinajstić information content (AvgIpc) is 3.37. The summed E-state index contributed by atoms with van der Waals surface area (Å²) >= 11 is 0. The zero-order valence-corrected chi connectivity index (χ0v) is 15.2. The summed E-state index contributed by atoms with van der Waals surface area (Å²) in [5, 5.41) is 11.6. The quantitative estimate of drug-likeness (QED) is 0.665. The largest absolute Gasteiger partial charge is 0.467 e. The lowest BCUT2D eigenvalue weighted by Crippen LogP contribution is -2.34. The molecule has 0 spiro atoms. The molecule has 1 aliphatic carbocycles. The molecule has 0 saturated heterocycles. The van der Waals surface area contributed by atoms with Gasteiger partial charge in [0.05, 0.1) is 30.9 Å². The van der Waals surface area contributed by atoms with Crippen LogP contribution in [-0.2, 0) is 17.9 Å². The van der Waals surface area contributed by atoms with Crippen LogP contribution in [0.25, 0.3) is 11.0 Å². The molecule has 1 aliphatic rings. The number of rotatable bonds is 7. The molecule has 0 aliphatic heterocycles. The van der Waals surface area contributed by atoms with Crippen LogP contribution in [0.15, 0.2) is 35.3 Å². The van der Waals surface area contributed by atoms with E-state index in [9.17, 15) is 4.79 Å². The minimum Gasteiger partial charge on any atom is -0.467 e. The van der Waals surface area contributed by atoms with Crippen LogP contribution >= 0.6 is 0 Å². The number of carbonyl (C=O) groups excluding carboxylic acids is 1. The zero-order valence-electron chi connectivity index (χ0n) is 15.2. The van der Waals surface area contributed by atoms with Crippen molar-refractivity contribution in [3.05, 3.63) is 36.7 Å². The van der Waals surface area contributed by atoms with E-state index in [0.717, 1.165) is 42.5 Å². The third-order valence-electron chi connectivity index (χ3n) is 5.04.